The van der Waals surface area contributed by atoms with E-state index in [-0.39, 0.29) is 21.5 Å². The van der Waals surface area contributed by atoms with Gasteiger partial charge in [0.1, 0.15) is 11.4 Å². The van der Waals surface area contributed by atoms with Crippen molar-refractivity contribution in [2.45, 2.75) is 6.92 Å². The van der Waals surface area contributed by atoms with Crippen LogP contribution in [0.15, 0.2) is 52.7 Å². The van der Waals surface area contributed by atoms with Crippen LogP contribution in [0.1, 0.15) is 5.69 Å². The summed E-state index contributed by atoms with van der Waals surface area (Å²) in [7, 11) is 0. The largest absolute Gasteiger partial charge is 0.506 e. The highest BCUT2D eigenvalue weighted by molar-refractivity contribution is 6.36. The van der Waals surface area contributed by atoms with Crippen LogP contribution in [-0.4, -0.2) is 14.9 Å². The van der Waals surface area contributed by atoms with Gasteiger partial charge in [0.15, 0.2) is 5.82 Å². The number of benzene rings is 2. The summed E-state index contributed by atoms with van der Waals surface area (Å²) >= 11 is 11.9. The Kier molecular flexibility index (Phi) is 4.70. The molecule has 2 aromatic carbocycles. The molecule has 124 valence electrons. The first-order valence-corrected chi connectivity index (χ1v) is 7.89. The van der Waals surface area contributed by atoms with Crippen molar-refractivity contribution < 1.29 is 5.11 Å². The molecule has 0 bridgehead atoms. The van der Waals surface area contributed by atoms with Gasteiger partial charge in [0.05, 0.1) is 28.0 Å². The number of azo groups is 1. The SMILES string of the molecule is [C-]#[N+]c1c(C)nn(-c2ccccc2)c1N=Nc1cc(Cl)c(O)cc1Cl. The van der Waals surface area contributed by atoms with Gasteiger partial charge in [0, 0.05) is 6.07 Å². The van der Waals surface area contributed by atoms with Crippen molar-refractivity contribution in [3.63, 3.8) is 0 Å². The fourth-order valence-corrected chi connectivity index (χ4v) is 2.53. The van der Waals surface area contributed by atoms with Crippen LogP contribution in [0.5, 0.6) is 5.75 Å². The lowest BCUT2D eigenvalue weighted by Gasteiger charge is -2.04. The first kappa shape index (κ1) is 17.0. The molecule has 8 heteroatoms. The molecule has 0 spiro atoms. The lowest BCUT2D eigenvalue weighted by Crippen LogP contribution is -1.95. The molecule has 6 nitrogen and oxygen atoms in total. The van der Waals surface area contributed by atoms with Crippen LogP contribution in [0.25, 0.3) is 10.5 Å². The van der Waals surface area contributed by atoms with Gasteiger partial charge in [-0.15, -0.1) is 10.2 Å². The van der Waals surface area contributed by atoms with Gasteiger partial charge in [-0.05, 0) is 25.1 Å². The normalized spacial score (nSPS) is 11.0. The topological polar surface area (TPSA) is 67.1 Å². The van der Waals surface area contributed by atoms with Gasteiger partial charge in [-0.25, -0.2) is 9.53 Å². The lowest BCUT2D eigenvalue weighted by molar-refractivity contribution is 0.475. The molecule has 0 atom stereocenters. The van der Waals surface area contributed by atoms with Gasteiger partial charge < -0.3 is 5.11 Å². The van der Waals surface area contributed by atoms with E-state index in [0.29, 0.717) is 17.2 Å². The van der Waals surface area contributed by atoms with Crippen LogP contribution in [-0.2, 0) is 0 Å². The van der Waals surface area contributed by atoms with Crippen LogP contribution in [0.3, 0.4) is 0 Å². The zero-order valence-corrected chi connectivity index (χ0v) is 14.5. The van der Waals surface area contributed by atoms with Crippen molar-refractivity contribution >= 4 is 40.4 Å². The number of nitrogens with zero attached hydrogens (tertiary/aromatic N) is 5. The number of rotatable bonds is 3. The van der Waals surface area contributed by atoms with E-state index in [0.717, 1.165) is 5.69 Å². The quantitative estimate of drug-likeness (QED) is 0.442. The molecule has 3 aromatic rings. The van der Waals surface area contributed by atoms with Crippen molar-refractivity contribution in [2.24, 2.45) is 10.2 Å². The highest BCUT2D eigenvalue weighted by Gasteiger charge is 2.17. The van der Waals surface area contributed by atoms with Gasteiger partial charge in [-0.2, -0.15) is 5.10 Å². The third-order valence-electron chi connectivity index (χ3n) is 3.39. The van der Waals surface area contributed by atoms with Gasteiger partial charge in [0.25, 0.3) is 5.69 Å². The Morgan fingerprint density at radius 2 is 1.84 bits per heavy atom. The number of para-hydroxylation sites is 1. The molecule has 3 rings (SSSR count). The number of hydrogen-bond acceptors (Lipinski definition) is 4. The molecule has 0 aliphatic heterocycles. The van der Waals surface area contributed by atoms with Crippen LogP contribution < -0.4 is 0 Å². The Balaban J connectivity index is 2.12. The molecular formula is C17H11Cl2N5O. The molecule has 0 unspecified atom stereocenters. The van der Waals surface area contributed by atoms with Gasteiger partial charge >= 0.3 is 0 Å². The molecule has 0 amide bonds. The van der Waals surface area contributed by atoms with E-state index < -0.39 is 0 Å². The maximum atomic E-state index is 9.55. The van der Waals surface area contributed by atoms with Crippen molar-refractivity contribution in [2.75, 3.05) is 0 Å². The minimum Gasteiger partial charge on any atom is -0.506 e. The maximum absolute atomic E-state index is 9.55. The second kappa shape index (κ2) is 6.93. The number of aromatic nitrogens is 2. The number of phenols is 1. The minimum absolute atomic E-state index is 0.108. The predicted molar refractivity (Wildman–Crippen MR) is 96.9 cm³/mol. The molecule has 0 radical (unpaired) electrons. The van der Waals surface area contributed by atoms with Crippen LogP contribution in [0.4, 0.5) is 17.2 Å². The number of phenolic OH excluding ortho intramolecular Hbond substituents is 1. The summed E-state index contributed by atoms with van der Waals surface area (Å²) < 4.78 is 1.54. The minimum atomic E-state index is -0.141. The molecule has 0 saturated carbocycles. The van der Waals surface area contributed by atoms with Crippen LogP contribution >= 0.6 is 23.2 Å². The van der Waals surface area contributed by atoms with E-state index in [1.54, 1.807) is 11.6 Å². The Hall–Kier alpha value is -2.88. The number of halogens is 2. The second-order valence-corrected chi connectivity index (χ2v) is 5.89. The van der Waals surface area contributed by atoms with Gasteiger partial charge in [-0.1, -0.05) is 41.4 Å². The van der Waals surface area contributed by atoms with Crippen molar-refractivity contribution in [1.29, 1.82) is 0 Å². The first-order valence-electron chi connectivity index (χ1n) is 7.13. The monoisotopic (exact) mass is 371 g/mol. The van der Waals surface area contributed by atoms with Crippen molar-refractivity contribution in [1.82, 2.24) is 9.78 Å². The van der Waals surface area contributed by atoms with E-state index >= 15 is 0 Å². The van der Waals surface area contributed by atoms with E-state index in [9.17, 15) is 5.11 Å². The Bertz CT molecular complexity index is 1010. The Morgan fingerprint density at radius 3 is 2.52 bits per heavy atom. The molecule has 0 fully saturated rings. The average molecular weight is 372 g/mol. The first-order chi connectivity index (χ1) is 12.0. The Morgan fingerprint density at radius 1 is 1.12 bits per heavy atom. The number of aromatic hydroxyl groups is 1. The van der Waals surface area contributed by atoms with Crippen LogP contribution in [0, 0.1) is 13.5 Å². The molecule has 1 aromatic heterocycles. The summed E-state index contributed by atoms with van der Waals surface area (Å²) in [6.07, 6.45) is 0. The molecule has 0 aliphatic carbocycles. The Labute approximate surface area is 153 Å². The zero-order valence-electron chi connectivity index (χ0n) is 13.0. The summed E-state index contributed by atoms with van der Waals surface area (Å²) in [4.78, 5) is 3.50. The van der Waals surface area contributed by atoms with Crippen molar-refractivity contribution in [3.05, 3.63) is 69.6 Å². The van der Waals surface area contributed by atoms with E-state index in [1.165, 1.54) is 12.1 Å². The lowest BCUT2D eigenvalue weighted by atomic mass is 10.3. The van der Waals surface area contributed by atoms with E-state index in [1.807, 2.05) is 30.3 Å². The van der Waals surface area contributed by atoms with Gasteiger partial charge in [0.2, 0.25) is 0 Å². The fraction of sp³-hybridized carbons (Fsp3) is 0.0588. The summed E-state index contributed by atoms with van der Waals surface area (Å²) in [6.45, 7) is 9.11. The molecule has 0 aliphatic rings. The number of hydrogen-bond donors (Lipinski definition) is 1. The second-order valence-electron chi connectivity index (χ2n) is 5.07. The molecule has 1 heterocycles. The molecule has 25 heavy (non-hydrogen) atoms. The smallest absolute Gasteiger partial charge is 0.255 e. The predicted octanol–water partition coefficient (Wildman–Crippen LogP) is 6.16. The van der Waals surface area contributed by atoms with Crippen LogP contribution in [0.2, 0.25) is 10.0 Å². The standard InChI is InChI=1S/C17H11Cl2N5O/c1-10-16(20-2)17(24(23-10)11-6-4-3-5-7-11)22-21-14-8-13(19)15(25)9-12(14)18/h3-9,25H,1H3. The van der Waals surface area contributed by atoms with Crippen molar-refractivity contribution in [3.8, 4) is 11.4 Å². The number of aryl methyl sites for hydroxylation is 1. The van der Waals surface area contributed by atoms with E-state index in [4.69, 9.17) is 29.8 Å². The third-order valence-corrected chi connectivity index (χ3v) is 3.99. The molecule has 1 N–H and O–H groups in total. The summed E-state index contributed by atoms with van der Waals surface area (Å²) in [5.74, 6) is 0.150. The molecule has 0 saturated heterocycles. The summed E-state index contributed by atoms with van der Waals surface area (Å²) in [6, 6.07) is 12.0. The fourth-order valence-electron chi connectivity index (χ4n) is 2.18. The third kappa shape index (κ3) is 3.33. The van der Waals surface area contributed by atoms with Gasteiger partial charge in [-0.3, -0.25) is 0 Å². The highest BCUT2D eigenvalue weighted by Crippen LogP contribution is 2.38. The van der Waals surface area contributed by atoms with E-state index in [2.05, 4.69) is 20.2 Å². The summed E-state index contributed by atoms with van der Waals surface area (Å²) in [5.41, 5.74) is 1.87. The summed E-state index contributed by atoms with van der Waals surface area (Å²) in [5, 5.41) is 22.5. The maximum Gasteiger partial charge on any atom is 0.255 e. The average Bonchev–Trinajstić information content (AvgIpc) is 2.93. The highest BCUT2D eigenvalue weighted by atomic mass is 35.5. The zero-order chi connectivity index (χ0) is 18.0. The molecular weight excluding hydrogens is 361 g/mol.